The zero-order chi connectivity index (χ0) is 9.84. The molecule has 70 valence electrons. The number of hydrogen-bond donors (Lipinski definition) is 1. The number of ether oxygens (including phenoxy) is 1. The van der Waals surface area contributed by atoms with Gasteiger partial charge in [-0.3, -0.25) is 4.79 Å². The Kier molecular flexibility index (Phi) is 3.25. The van der Waals surface area contributed by atoms with Crippen LogP contribution in [0.15, 0.2) is 21.5 Å². The Bertz CT molecular complexity index is 372. The van der Waals surface area contributed by atoms with Crippen LogP contribution in [0.4, 0.5) is 0 Å². The van der Waals surface area contributed by atoms with Crippen molar-refractivity contribution >= 4 is 21.9 Å². The van der Waals surface area contributed by atoms with Gasteiger partial charge in [-0.15, -0.1) is 0 Å². The number of halogens is 1. The number of aromatic amines is 1. The minimum atomic E-state index is -0.615. The van der Waals surface area contributed by atoms with E-state index in [4.69, 9.17) is 4.74 Å². The van der Waals surface area contributed by atoms with E-state index in [0.717, 1.165) is 0 Å². The Morgan fingerprint density at radius 2 is 2.38 bits per heavy atom. The van der Waals surface area contributed by atoms with Gasteiger partial charge in [0.05, 0.1) is 6.61 Å². The van der Waals surface area contributed by atoms with Crippen molar-refractivity contribution < 1.29 is 9.53 Å². The number of aromatic nitrogens is 1. The first kappa shape index (κ1) is 9.98. The predicted molar refractivity (Wildman–Crippen MR) is 50.7 cm³/mol. The average molecular weight is 246 g/mol. The maximum atomic E-state index is 11.2. The standard InChI is InChI=1S/C8H8BrNO3/c1-2-13-8(12)6-5(9)3-4-10-7(6)11/h3-4H,2H2,1H3,(H,10,11). The lowest BCUT2D eigenvalue weighted by atomic mass is 10.3. The van der Waals surface area contributed by atoms with Crippen LogP contribution >= 0.6 is 15.9 Å². The second-order valence-electron chi connectivity index (χ2n) is 2.25. The van der Waals surface area contributed by atoms with E-state index >= 15 is 0 Å². The third-order valence-electron chi connectivity index (χ3n) is 1.39. The lowest BCUT2D eigenvalue weighted by Gasteiger charge is -2.01. The monoisotopic (exact) mass is 245 g/mol. The third-order valence-corrected chi connectivity index (χ3v) is 2.05. The zero-order valence-corrected chi connectivity index (χ0v) is 8.55. The van der Waals surface area contributed by atoms with Crippen LogP contribution in [-0.4, -0.2) is 17.6 Å². The Hall–Kier alpha value is -1.10. The van der Waals surface area contributed by atoms with Gasteiger partial charge in [-0.25, -0.2) is 4.79 Å². The molecule has 0 aliphatic rings. The van der Waals surface area contributed by atoms with Crippen LogP contribution in [-0.2, 0) is 4.74 Å². The molecule has 13 heavy (non-hydrogen) atoms. The Morgan fingerprint density at radius 1 is 1.69 bits per heavy atom. The molecule has 1 N–H and O–H groups in total. The minimum absolute atomic E-state index is 0.00403. The van der Waals surface area contributed by atoms with Crippen molar-refractivity contribution in [1.29, 1.82) is 0 Å². The quantitative estimate of drug-likeness (QED) is 0.800. The van der Waals surface area contributed by atoms with Gasteiger partial charge in [0.15, 0.2) is 0 Å². The number of hydrogen-bond acceptors (Lipinski definition) is 3. The van der Waals surface area contributed by atoms with Gasteiger partial charge in [0.1, 0.15) is 5.56 Å². The number of H-pyrrole nitrogens is 1. The number of esters is 1. The van der Waals surface area contributed by atoms with Crippen molar-refractivity contribution in [2.24, 2.45) is 0 Å². The Labute approximate surface area is 83.1 Å². The van der Waals surface area contributed by atoms with E-state index in [1.807, 2.05) is 0 Å². The molecule has 0 spiro atoms. The van der Waals surface area contributed by atoms with Gasteiger partial charge in [-0.05, 0) is 28.9 Å². The molecule has 0 fully saturated rings. The maximum absolute atomic E-state index is 11.2. The smallest absolute Gasteiger partial charge is 0.344 e. The first-order valence-electron chi connectivity index (χ1n) is 3.71. The van der Waals surface area contributed by atoms with E-state index in [1.165, 1.54) is 6.20 Å². The van der Waals surface area contributed by atoms with Gasteiger partial charge in [0.25, 0.3) is 5.56 Å². The molecule has 0 bridgehead atoms. The molecule has 0 aromatic carbocycles. The van der Waals surface area contributed by atoms with Gasteiger partial charge in [-0.2, -0.15) is 0 Å². The number of carbonyl (C=O) groups excluding carboxylic acids is 1. The molecular formula is C8H8BrNO3. The van der Waals surface area contributed by atoms with Crippen molar-refractivity contribution in [3.05, 3.63) is 32.7 Å². The molecule has 0 saturated carbocycles. The summed E-state index contributed by atoms with van der Waals surface area (Å²) in [5.41, 5.74) is -0.447. The van der Waals surface area contributed by atoms with E-state index in [9.17, 15) is 9.59 Å². The molecule has 1 rings (SSSR count). The zero-order valence-electron chi connectivity index (χ0n) is 6.96. The highest BCUT2D eigenvalue weighted by atomic mass is 79.9. The molecule has 0 unspecified atom stereocenters. The largest absolute Gasteiger partial charge is 0.462 e. The molecular weight excluding hydrogens is 238 g/mol. The molecule has 0 aliphatic heterocycles. The first-order valence-corrected chi connectivity index (χ1v) is 4.50. The van der Waals surface area contributed by atoms with Crippen LogP contribution < -0.4 is 5.56 Å². The Balaban J connectivity index is 3.13. The van der Waals surface area contributed by atoms with Crippen LogP contribution in [0.1, 0.15) is 17.3 Å². The van der Waals surface area contributed by atoms with Gasteiger partial charge in [0.2, 0.25) is 0 Å². The molecule has 1 heterocycles. The summed E-state index contributed by atoms with van der Waals surface area (Å²) in [7, 11) is 0. The summed E-state index contributed by atoms with van der Waals surface area (Å²) in [6.07, 6.45) is 1.45. The highest BCUT2D eigenvalue weighted by Crippen LogP contribution is 2.11. The van der Waals surface area contributed by atoms with Crippen molar-refractivity contribution in [2.75, 3.05) is 6.61 Å². The van der Waals surface area contributed by atoms with Crippen molar-refractivity contribution in [1.82, 2.24) is 4.98 Å². The lowest BCUT2D eigenvalue weighted by molar-refractivity contribution is 0.0523. The summed E-state index contributed by atoms with van der Waals surface area (Å²) < 4.78 is 5.14. The van der Waals surface area contributed by atoms with Crippen molar-refractivity contribution in [2.45, 2.75) is 6.92 Å². The summed E-state index contributed by atoms with van der Waals surface area (Å²) in [4.78, 5) is 24.8. The van der Waals surface area contributed by atoms with Gasteiger partial charge in [-0.1, -0.05) is 0 Å². The molecule has 0 aliphatic carbocycles. The first-order chi connectivity index (χ1) is 6.16. The fourth-order valence-electron chi connectivity index (χ4n) is 0.848. The van der Waals surface area contributed by atoms with Gasteiger partial charge < -0.3 is 9.72 Å². The number of carbonyl (C=O) groups is 1. The fraction of sp³-hybridized carbons (Fsp3) is 0.250. The molecule has 1 aromatic heterocycles. The van der Waals surface area contributed by atoms with Gasteiger partial charge >= 0.3 is 5.97 Å². The maximum Gasteiger partial charge on any atom is 0.344 e. The second-order valence-corrected chi connectivity index (χ2v) is 3.10. The third kappa shape index (κ3) is 2.18. The SMILES string of the molecule is CCOC(=O)c1c(Br)cc[nH]c1=O. The van der Waals surface area contributed by atoms with Crippen LogP contribution in [0.3, 0.4) is 0 Å². The van der Waals surface area contributed by atoms with E-state index < -0.39 is 11.5 Å². The van der Waals surface area contributed by atoms with Crippen LogP contribution in [0.2, 0.25) is 0 Å². The molecule has 0 radical (unpaired) electrons. The number of nitrogens with one attached hydrogen (secondary N) is 1. The van der Waals surface area contributed by atoms with Crippen LogP contribution in [0.5, 0.6) is 0 Å². The van der Waals surface area contributed by atoms with Crippen molar-refractivity contribution in [3.63, 3.8) is 0 Å². The summed E-state index contributed by atoms with van der Waals surface area (Å²) in [6.45, 7) is 1.93. The molecule has 1 aromatic rings. The highest BCUT2D eigenvalue weighted by Gasteiger charge is 2.14. The van der Waals surface area contributed by atoms with Crippen molar-refractivity contribution in [3.8, 4) is 0 Å². The van der Waals surface area contributed by atoms with E-state index in [2.05, 4.69) is 20.9 Å². The predicted octanol–water partition coefficient (Wildman–Crippen LogP) is 1.31. The van der Waals surface area contributed by atoms with Crippen LogP contribution in [0.25, 0.3) is 0 Å². The molecule has 0 atom stereocenters. The summed E-state index contributed by atoms with van der Waals surface area (Å²) in [5, 5.41) is 0. The Morgan fingerprint density at radius 3 is 2.92 bits per heavy atom. The van der Waals surface area contributed by atoms with Gasteiger partial charge in [0, 0.05) is 10.7 Å². The second kappa shape index (κ2) is 4.23. The fourth-order valence-corrected chi connectivity index (χ4v) is 1.32. The van der Waals surface area contributed by atoms with E-state index in [0.29, 0.717) is 4.47 Å². The lowest BCUT2D eigenvalue weighted by Crippen LogP contribution is -2.19. The molecule has 5 heteroatoms. The summed E-state index contributed by atoms with van der Waals surface area (Å²) in [6, 6.07) is 1.58. The molecule has 0 saturated heterocycles. The molecule has 0 amide bonds. The van der Waals surface area contributed by atoms with E-state index in [-0.39, 0.29) is 12.2 Å². The number of pyridine rings is 1. The highest BCUT2D eigenvalue weighted by molar-refractivity contribution is 9.10. The summed E-state index contributed by atoms with van der Waals surface area (Å²) in [5.74, 6) is -0.615. The number of rotatable bonds is 2. The molecule has 4 nitrogen and oxygen atoms in total. The summed E-state index contributed by atoms with van der Waals surface area (Å²) >= 11 is 3.10. The topological polar surface area (TPSA) is 59.2 Å². The normalized spacial score (nSPS) is 9.69. The van der Waals surface area contributed by atoms with Crippen LogP contribution in [0, 0.1) is 0 Å². The minimum Gasteiger partial charge on any atom is -0.462 e. The van der Waals surface area contributed by atoms with E-state index in [1.54, 1.807) is 13.0 Å². The average Bonchev–Trinajstić information content (AvgIpc) is 2.04.